The minimum atomic E-state index is -0.648. The number of thiazole rings is 1. The van der Waals surface area contributed by atoms with Crippen molar-refractivity contribution in [1.29, 1.82) is 0 Å². The quantitative estimate of drug-likeness (QED) is 0.909. The average molecular weight is 292 g/mol. The fourth-order valence-electron chi connectivity index (χ4n) is 1.70. The van der Waals surface area contributed by atoms with Gasteiger partial charge in [0, 0.05) is 5.38 Å². The van der Waals surface area contributed by atoms with E-state index in [1.54, 1.807) is 24.4 Å². The van der Waals surface area contributed by atoms with Crippen LogP contribution < -0.4 is 10.1 Å². The summed E-state index contributed by atoms with van der Waals surface area (Å²) in [6.07, 6.45) is -0.648. The fraction of sp³-hybridized carbons (Fsp3) is 0.286. The Hall–Kier alpha value is -1.92. The molecule has 0 aliphatic heterocycles. The maximum absolute atomic E-state index is 12.2. The molecule has 106 valence electrons. The predicted octanol–water partition coefficient (Wildman–Crippen LogP) is 2.77. The number of carbonyl (C=O) groups is 1. The van der Waals surface area contributed by atoms with E-state index in [1.807, 2.05) is 13.0 Å². The lowest BCUT2D eigenvalue weighted by molar-refractivity contribution is 0.102. The van der Waals surface area contributed by atoms with Gasteiger partial charge in [0.2, 0.25) is 0 Å². The largest absolute Gasteiger partial charge is 0.496 e. The number of hydrogen-bond acceptors (Lipinski definition) is 5. The van der Waals surface area contributed by atoms with Crippen LogP contribution in [0, 0.1) is 6.92 Å². The Kier molecular flexibility index (Phi) is 4.36. The number of carbonyl (C=O) groups excluding carboxylic acids is 1. The van der Waals surface area contributed by atoms with Crippen LogP contribution in [0.4, 0.5) is 5.13 Å². The summed E-state index contributed by atoms with van der Waals surface area (Å²) in [5.41, 5.74) is 1.97. The zero-order valence-corrected chi connectivity index (χ0v) is 12.3. The van der Waals surface area contributed by atoms with Crippen molar-refractivity contribution in [2.45, 2.75) is 20.0 Å². The third-order valence-electron chi connectivity index (χ3n) is 2.77. The molecule has 1 heterocycles. The Morgan fingerprint density at radius 1 is 1.50 bits per heavy atom. The molecule has 5 nitrogen and oxygen atoms in total. The van der Waals surface area contributed by atoms with E-state index in [-0.39, 0.29) is 5.91 Å². The van der Waals surface area contributed by atoms with Crippen LogP contribution in [0.5, 0.6) is 5.75 Å². The van der Waals surface area contributed by atoms with Crippen LogP contribution in [0.3, 0.4) is 0 Å². The van der Waals surface area contributed by atoms with E-state index in [9.17, 15) is 9.90 Å². The van der Waals surface area contributed by atoms with Crippen LogP contribution in [0.25, 0.3) is 0 Å². The van der Waals surface area contributed by atoms with E-state index in [4.69, 9.17) is 4.74 Å². The van der Waals surface area contributed by atoms with Gasteiger partial charge in [0.25, 0.3) is 5.91 Å². The highest BCUT2D eigenvalue weighted by Gasteiger charge is 2.15. The number of ether oxygens (including phenoxy) is 1. The lowest BCUT2D eigenvalue weighted by Crippen LogP contribution is -2.13. The van der Waals surface area contributed by atoms with Crippen LogP contribution in [0.1, 0.15) is 34.6 Å². The predicted molar refractivity (Wildman–Crippen MR) is 78.4 cm³/mol. The Morgan fingerprint density at radius 2 is 2.25 bits per heavy atom. The van der Waals surface area contributed by atoms with Gasteiger partial charge in [0.15, 0.2) is 5.13 Å². The number of aliphatic hydroxyl groups is 1. The van der Waals surface area contributed by atoms with Crippen molar-refractivity contribution in [3.05, 3.63) is 40.4 Å². The van der Waals surface area contributed by atoms with Crippen molar-refractivity contribution < 1.29 is 14.6 Å². The topological polar surface area (TPSA) is 71.5 Å². The molecular formula is C14H16N2O3S. The van der Waals surface area contributed by atoms with Crippen LogP contribution >= 0.6 is 11.3 Å². The molecule has 1 aromatic heterocycles. The second kappa shape index (κ2) is 6.02. The first-order valence-electron chi connectivity index (χ1n) is 6.10. The van der Waals surface area contributed by atoms with Crippen LogP contribution in [0.2, 0.25) is 0 Å². The number of methoxy groups -OCH3 is 1. The van der Waals surface area contributed by atoms with Crippen molar-refractivity contribution in [1.82, 2.24) is 4.98 Å². The van der Waals surface area contributed by atoms with E-state index >= 15 is 0 Å². The number of anilines is 1. The third kappa shape index (κ3) is 3.15. The molecule has 20 heavy (non-hydrogen) atoms. The molecule has 0 aliphatic carbocycles. The second-order valence-corrected chi connectivity index (χ2v) is 5.27. The minimum Gasteiger partial charge on any atom is -0.496 e. The smallest absolute Gasteiger partial charge is 0.261 e. The number of amides is 1. The van der Waals surface area contributed by atoms with Gasteiger partial charge in [0.05, 0.1) is 24.5 Å². The summed E-state index contributed by atoms with van der Waals surface area (Å²) in [6.45, 7) is 3.54. The van der Waals surface area contributed by atoms with Crippen molar-refractivity contribution in [2.24, 2.45) is 0 Å². The SMILES string of the molecule is COc1ccc(C)cc1C(=O)Nc1nc(C(C)O)cs1. The van der Waals surface area contributed by atoms with Crippen LogP contribution in [-0.2, 0) is 0 Å². The number of hydrogen-bond donors (Lipinski definition) is 2. The van der Waals surface area contributed by atoms with E-state index < -0.39 is 6.10 Å². The number of rotatable bonds is 4. The summed E-state index contributed by atoms with van der Waals surface area (Å²) in [6, 6.07) is 5.40. The van der Waals surface area contributed by atoms with Crippen LogP contribution in [-0.4, -0.2) is 23.1 Å². The van der Waals surface area contributed by atoms with Gasteiger partial charge in [-0.15, -0.1) is 11.3 Å². The molecule has 0 aliphatic rings. The molecule has 0 fully saturated rings. The maximum atomic E-state index is 12.2. The fourth-order valence-corrected chi connectivity index (χ4v) is 2.49. The number of aromatic nitrogens is 1. The first-order chi connectivity index (χ1) is 9.51. The van der Waals surface area contributed by atoms with Crippen LogP contribution in [0.15, 0.2) is 23.6 Å². The molecule has 1 atom stereocenters. The molecule has 0 bridgehead atoms. The Bertz CT molecular complexity index is 623. The molecule has 2 N–H and O–H groups in total. The molecular weight excluding hydrogens is 276 g/mol. The summed E-state index contributed by atoms with van der Waals surface area (Å²) in [4.78, 5) is 16.4. The zero-order chi connectivity index (χ0) is 14.7. The number of aliphatic hydroxyl groups excluding tert-OH is 1. The van der Waals surface area contributed by atoms with Gasteiger partial charge < -0.3 is 9.84 Å². The highest BCUT2D eigenvalue weighted by Crippen LogP contribution is 2.24. The molecule has 1 aromatic carbocycles. The standard InChI is InChI=1S/C14H16N2O3S/c1-8-4-5-12(19-3)10(6-8)13(18)16-14-15-11(7-20-14)9(2)17/h4-7,9,17H,1-3H3,(H,15,16,18). The Labute approximate surface area is 121 Å². The van der Waals surface area contributed by atoms with Gasteiger partial charge in [0.1, 0.15) is 5.75 Å². The number of nitrogens with zero attached hydrogens (tertiary/aromatic N) is 1. The first-order valence-corrected chi connectivity index (χ1v) is 6.98. The molecule has 0 spiro atoms. The third-order valence-corrected chi connectivity index (χ3v) is 3.55. The Morgan fingerprint density at radius 3 is 2.85 bits per heavy atom. The van der Waals surface area contributed by atoms with E-state index in [1.165, 1.54) is 18.4 Å². The van der Waals surface area contributed by atoms with E-state index in [0.717, 1.165) is 5.56 Å². The van der Waals surface area contributed by atoms with Gasteiger partial charge in [-0.2, -0.15) is 0 Å². The lowest BCUT2D eigenvalue weighted by Gasteiger charge is -2.08. The monoisotopic (exact) mass is 292 g/mol. The van der Waals surface area contributed by atoms with Crippen molar-refractivity contribution in [3.63, 3.8) is 0 Å². The second-order valence-electron chi connectivity index (χ2n) is 4.41. The van der Waals surface area contributed by atoms with Crippen molar-refractivity contribution in [2.75, 3.05) is 12.4 Å². The van der Waals surface area contributed by atoms with Gasteiger partial charge in [-0.1, -0.05) is 11.6 Å². The molecule has 1 unspecified atom stereocenters. The maximum Gasteiger partial charge on any atom is 0.261 e. The van der Waals surface area contributed by atoms with E-state index in [0.29, 0.717) is 22.1 Å². The lowest BCUT2D eigenvalue weighted by atomic mass is 10.1. The first kappa shape index (κ1) is 14.5. The molecule has 0 radical (unpaired) electrons. The summed E-state index contributed by atoms with van der Waals surface area (Å²) in [5, 5.41) is 14.3. The molecule has 2 rings (SSSR count). The number of aryl methyl sites for hydroxylation is 1. The van der Waals surface area contributed by atoms with Gasteiger partial charge in [-0.3, -0.25) is 10.1 Å². The van der Waals surface area contributed by atoms with Crippen molar-refractivity contribution in [3.8, 4) is 5.75 Å². The molecule has 6 heteroatoms. The highest BCUT2D eigenvalue weighted by molar-refractivity contribution is 7.14. The summed E-state index contributed by atoms with van der Waals surface area (Å²) < 4.78 is 5.18. The number of nitrogens with one attached hydrogen (secondary N) is 1. The van der Waals surface area contributed by atoms with Gasteiger partial charge in [-0.25, -0.2) is 4.98 Å². The molecule has 0 saturated heterocycles. The summed E-state index contributed by atoms with van der Waals surface area (Å²) >= 11 is 1.27. The molecule has 0 saturated carbocycles. The highest BCUT2D eigenvalue weighted by atomic mass is 32.1. The van der Waals surface area contributed by atoms with Gasteiger partial charge >= 0.3 is 0 Å². The average Bonchev–Trinajstić information content (AvgIpc) is 2.87. The Balaban J connectivity index is 2.21. The van der Waals surface area contributed by atoms with Gasteiger partial charge in [-0.05, 0) is 26.0 Å². The number of benzene rings is 1. The zero-order valence-electron chi connectivity index (χ0n) is 11.5. The minimum absolute atomic E-state index is 0.281. The van der Waals surface area contributed by atoms with E-state index in [2.05, 4.69) is 10.3 Å². The molecule has 2 aromatic rings. The summed E-state index contributed by atoms with van der Waals surface area (Å²) in [5.74, 6) is 0.234. The molecule has 1 amide bonds. The van der Waals surface area contributed by atoms with Crippen molar-refractivity contribution >= 4 is 22.4 Å². The summed E-state index contributed by atoms with van der Waals surface area (Å²) in [7, 11) is 1.52. The normalized spacial score (nSPS) is 12.0.